The molecular formula is C48H55IO. The number of benzene rings is 6. The van der Waals surface area contributed by atoms with Crippen LogP contribution in [0.1, 0.15) is 88.8 Å². The van der Waals surface area contributed by atoms with Crippen LogP contribution < -0.4 is 0 Å². The number of aliphatic hydroxyl groups is 1. The maximum Gasteiger partial charge on any atom is 0.0840 e. The summed E-state index contributed by atoms with van der Waals surface area (Å²) < 4.78 is 0.263. The average molecular weight is 775 g/mol. The van der Waals surface area contributed by atoms with E-state index in [1.807, 2.05) is 64.1 Å². The van der Waals surface area contributed by atoms with Crippen LogP contribution in [0.25, 0.3) is 22.3 Å². The molecule has 2 aliphatic rings. The summed E-state index contributed by atoms with van der Waals surface area (Å²) in [6.45, 7) is 16.0. The highest BCUT2D eigenvalue weighted by molar-refractivity contribution is 14.1. The largest absolute Gasteiger partial charge is 0.386 e. The summed E-state index contributed by atoms with van der Waals surface area (Å²) in [5.74, 6) is 0. The zero-order valence-corrected chi connectivity index (χ0v) is 33.4. The molecule has 8 rings (SSSR count). The fraction of sp³-hybridized carbons (Fsp3) is 0.250. The molecule has 50 heavy (non-hydrogen) atoms. The quantitative estimate of drug-likeness (QED) is 0.137. The fourth-order valence-electron chi connectivity index (χ4n) is 5.84. The first-order chi connectivity index (χ1) is 24.1. The van der Waals surface area contributed by atoms with Crippen molar-refractivity contribution >= 4 is 22.6 Å². The highest BCUT2D eigenvalue weighted by Gasteiger charge is 2.17. The second-order valence-corrected chi connectivity index (χ2v) is 15.4. The van der Waals surface area contributed by atoms with Crippen molar-refractivity contribution < 1.29 is 5.11 Å². The van der Waals surface area contributed by atoms with Gasteiger partial charge in [-0.25, -0.2) is 0 Å². The Bertz CT molecular complexity index is 1620. The lowest BCUT2D eigenvalue weighted by molar-refractivity contribution is 0.0786. The van der Waals surface area contributed by atoms with Gasteiger partial charge in [0, 0.05) is 3.42 Å². The molecule has 2 heteroatoms. The van der Waals surface area contributed by atoms with Gasteiger partial charge in [-0.1, -0.05) is 208 Å². The minimum atomic E-state index is -0.707. The van der Waals surface area contributed by atoms with Crippen molar-refractivity contribution in [2.24, 2.45) is 0 Å². The van der Waals surface area contributed by atoms with E-state index >= 15 is 0 Å². The summed E-state index contributed by atoms with van der Waals surface area (Å²) in [4.78, 5) is 0. The lowest BCUT2D eigenvalue weighted by Crippen LogP contribution is -2.14. The normalized spacial score (nSPS) is 11.2. The molecular weight excluding hydrogens is 719 g/mol. The molecule has 0 radical (unpaired) electrons. The van der Waals surface area contributed by atoms with Crippen LogP contribution >= 0.6 is 22.6 Å². The monoisotopic (exact) mass is 774 g/mol. The Morgan fingerprint density at radius 2 is 0.620 bits per heavy atom. The number of hydrogen-bond acceptors (Lipinski definition) is 1. The fourth-order valence-corrected chi connectivity index (χ4v) is 6.20. The summed E-state index contributed by atoms with van der Waals surface area (Å²) in [5.41, 5.74) is 13.1. The number of rotatable bonds is 2. The highest BCUT2D eigenvalue weighted by Crippen LogP contribution is 2.36. The lowest BCUT2D eigenvalue weighted by atomic mass is 9.99. The van der Waals surface area contributed by atoms with Crippen molar-refractivity contribution in [3.63, 3.8) is 0 Å². The van der Waals surface area contributed by atoms with E-state index in [2.05, 4.69) is 158 Å². The van der Waals surface area contributed by atoms with E-state index in [-0.39, 0.29) is 3.42 Å². The SMILES string of the molecule is CC.CC.CC(C)(I)c1ccccc1.CC(C)(O)c1ccccc1.c1ccc2c(c1)Cc1ccccc1-2.c1ccc2c(c1)Cc1ccccc1-2. The molecule has 0 aliphatic heterocycles. The van der Waals surface area contributed by atoms with E-state index in [0.717, 1.165) is 18.4 Å². The van der Waals surface area contributed by atoms with E-state index in [9.17, 15) is 5.11 Å². The van der Waals surface area contributed by atoms with Gasteiger partial charge in [-0.3, -0.25) is 0 Å². The molecule has 260 valence electrons. The second kappa shape index (κ2) is 20.0. The van der Waals surface area contributed by atoms with Crippen molar-refractivity contribution in [1.29, 1.82) is 0 Å². The van der Waals surface area contributed by atoms with Gasteiger partial charge in [0.1, 0.15) is 0 Å². The lowest BCUT2D eigenvalue weighted by Gasteiger charge is -2.16. The van der Waals surface area contributed by atoms with Crippen LogP contribution in [0, 0.1) is 0 Å². The smallest absolute Gasteiger partial charge is 0.0840 e. The van der Waals surface area contributed by atoms with Crippen LogP contribution in [-0.2, 0) is 21.9 Å². The maximum atomic E-state index is 9.49. The van der Waals surface area contributed by atoms with E-state index in [1.54, 1.807) is 13.8 Å². The van der Waals surface area contributed by atoms with Crippen LogP contribution in [0.5, 0.6) is 0 Å². The Kier molecular flexibility index (Phi) is 16.2. The zero-order valence-electron chi connectivity index (χ0n) is 31.3. The molecule has 0 bridgehead atoms. The molecule has 0 unspecified atom stereocenters. The molecule has 0 heterocycles. The van der Waals surface area contributed by atoms with Crippen LogP contribution in [0.2, 0.25) is 0 Å². The predicted octanol–water partition coefficient (Wildman–Crippen LogP) is 13.8. The molecule has 0 saturated carbocycles. The molecule has 1 nitrogen and oxygen atoms in total. The minimum Gasteiger partial charge on any atom is -0.386 e. The van der Waals surface area contributed by atoms with Crippen molar-refractivity contribution in [3.8, 4) is 22.3 Å². The predicted molar refractivity (Wildman–Crippen MR) is 227 cm³/mol. The van der Waals surface area contributed by atoms with Gasteiger partial charge in [0.15, 0.2) is 0 Å². The van der Waals surface area contributed by atoms with Crippen molar-refractivity contribution in [2.75, 3.05) is 0 Å². The Balaban J connectivity index is 0.000000176. The molecule has 0 saturated heterocycles. The number of halogens is 1. The molecule has 6 aromatic carbocycles. The van der Waals surface area contributed by atoms with Crippen LogP contribution in [0.4, 0.5) is 0 Å². The van der Waals surface area contributed by atoms with Gasteiger partial charge in [-0.05, 0) is 96.2 Å². The van der Waals surface area contributed by atoms with Gasteiger partial charge in [0.05, 0.1) is 5.60 Å². The van der Waals surface area contributed by atoms with Crippen molar-refractivity contribution in [2.45, 2.75) is 77.3 Å². The Labute approximate surface area is 316 Å². The number of alkyl halides is 1. The van der Waals surface area contributed by atoms with E-state index < -0.39 is 5.60 Å². The molecule has 0 fully saturated rings. The van der Waals surface area contributed by atoms with Gasteiger partial charge in [-0.2, -0.15) is 0 Å². The number of hydrogen-bond donors (Lipinski definition) is 1. The third-order valence-electron chi connectivity index (χ3n) is 8.35. The summed E-state index contributed by atoms with van der Waals surface area (Å²) in [6, 6.07) is 54.8. The van der Waals surface area contributed by atoms with Gasteiger partial charge >= 0.3 is 0 Å². The first-order valence-corrected chi connectivity index (χ1v) is 19.0. The summed E-state index contributed by atoms with van der Waals surface area (Å²) in [5, 5.41) is 9.49. The highest BCUT2D eigenvalue weighted by atomic mass is 127. The topological polar surface area (TPSA) is 20.2 Å². The molecule has 2 aliphatic carbocycles. The van der Waals surface area contributed by atoms with Crippen LogP contribution in [0.3, 0.4) is 0 Å². The van der Waals surface area contributed by atoms with Crippen molar-refractivity contribution in [3.05, 3.63) is 191 Å². The summed E-state index contributed by atoms with van der Waals surface area (Å²) >= 11 is 2.44. The molecule has 6 aromatic rings. The van der Waals surface area contributed by atoms with Crippen LogP contribution in [0.15, 0.2) is 158 Å². The van der Waals surface area contributed by atoms with Gasteiger partial charge in [-0.15, -0.1) is 0 Å². The Hall–Kier alpha value is -3.99. The van der Waals surface area contributed by atoms with Crippen molar-refractivity contribution in [1.82, 2.24) is 0 Å². The maximum absolute atomic E-state index is 9.49. The minimum absolute atomic E-state index is 0.263. The first-order valence-electron chi connectivity index (χ1n) is 18.0. The summed E-state index contributed by atoms with van der Waals surface area (Å²) in [6.07, 6.45) is 2.21. The molecule has 0 aromatic heterocycles. The van der Waals surface area contributed by atoms with Gasteiger partial charge in [0.2, 0.25) is 0 Å². The molecule has 1 N–H and O–H groups in total. The Morgan fingerprint density at radius 3 is 0.840 bits per heavy atom. The first kappa shape index (κ1) is 40.4. The zero-order chi connectivity index (χ0) is 36.6. The van der Waals surface area contributed by atoms with E-state index in [4.69, 9.17) is 0 Å². The summed E-state index contributed by atoms with van der Waals surface area (Å²) in [7, 11) is 0. The van der Waals surface area contributed by atoms with E-state index in [0.29, 0.717) is 0 Å². The van der Waals surface area contributed by atoms with E-state index in [1.165, 1.54) is 50.1 Å². The third kappa shape index (κ3) is 11.5. The molecule has 0 spiro atoms. The molecule has 0 amide bonds. The standard InChI is InChI=1S/2C13H10.C9H11I.C9H12O.2C2H6/c2*1-3-7-12-10(5-1)9-11-6-2-4-8-13(11)12;2*1-9(2,10)8-6-4-3-5-7-8;2*1-2/h2*1-8H,9H2;3-7H,1-2H3;3-7,10H,1-2H3;2*1-2H3. The molecule has 0 atom stereocenters. The van der Waals surface area contributed by atoms with Gasteiger partial charge in [0.25, 0.3) is 0 Å². The average Bonchev–Trinajstić information content (AvgIpc) is 3.73. The van der Waals surface area contributed by atoms with Crippen LogP contribution in [-0.4, -0.2) is 5.11 Å². The number of fused-ring (bicyclic) bond motifs is 6. The Morgan fingerprint density at radius 1 is 0.380 bits per heavy atom. The van der Waals surface area contributed by atoms with Gasteiger partial charge < -0.3 is 5.11 Å². The third-order valence-corrected chi connectivity index (χ3v) is 8.97. The second-order valence-electron chi connectivity index (χ2n) is 12.7.